The fraction of sp³-hybridized carbons (Fsp3) is 0.333. The molecule has 0 aliphatic heterocycles. The van der Waals surface area contributed by atoms with Crippen molar-refractivity contribution in [1.82, 2.24) is 15.3 Å². The van der Waals surface area contributed by atoms with Gasteiger partial charge in [-0.3, -0.25) is 4.79 Å². The van der Waals surface area contributed by atoms with Crippen molar-refractivity contribution in [2.45, 2.75) is 12.8 Å². The summed E-state index contributed by atoms with van der Waals surface area (Å²) in [5.74, 6) is -0.0387. The minimum atomic E-state index is -0.0387. The van der Waals surface area contributed by atoms with E-state index in [4.69, 9.17) is 5.11 Å². The number of nitrogens with zero attached hydrogens (tertiary/aromatic N) is 1. The van der Waals surface area contributed by atoms with E-state index >= 15 is 0 Å². The topological polar surface area (TPSA) is 78.0 Å². The van der Waals surface area contributed by atoms with Crippen LogP contribution < -0.4 is 5.32 Å². The molecule has 5 heteroatoms. The molecule has 3 N–H and O–H groups in total. The first-order valence-electron chi connectivity index (χ1n) is 5.60. The van der Waals surface area contributed by atoms with E-state index in [1.54, 1.807) is 6.20 Å². The van der Waals surface area contributed by atoms with E-state index in [0.717, 1.165) is 16.6 Å². The molecule has 0 atom stereocenters. The summed E-state index contributed by atoms with van der Waals surface area (Å²) >= 11 is 0. The van der Waals surface area contributed by atoms with Crippen molar-refractivity contribution in [1.29, 1.82) is 0 Å². The summed E-state index contributed by atoms with van der Waals surface area (Å²) in [7, 11) is 0. The second-order valence-electron chi connectivity index (χ2n) is 3.82. The van der Waals surface area contributed by atoms with Gasteiger partial charge in [-0.1, -0.05) is 0 Å². The predicted octanol–water partition coefficient (Wildman–Crippen LogP) is 0.604. The molecule has 0 aromatic carbocycles. The highest BCUT2D eigenvalue weighted by Gasteiger charge is 2.08. The Morgan fingerprint density at radius 1 is 1.53 bits per heavy atom. The van der Waals surface area contributed by atoms with Crippen LogP contribution in [-0.2, 0) is 11.2 Å². The number of aliphatic hydroxyl groups is 1. The van der Waals surface area contributed by atoms with Crippen LogP contribution in [0.3, 0.4) is 0 Å². The van der Waals surface area contributed by atoms with E-state index in [0.29, 0.717) is 19.4 Å². The predicted molar refractivity (Wildman–Crippen MR) is 64.5 cm³/mol. The third kappa shape index (κ3) is 2.82. The Bertz CT molecular complexity index is 507. The number of carbonyl (C=O) groups is 1. The largest absolute Gasteiger partial charge is 0.396 e. The molecule has 0 radical (unpaired) electrons. The maximum absolute atomic E-state index is 11.6. The first kappa shape index (κ1) is 11.6. The van der Waals surface area contributed by atoms with Crippen LogP contribution in [0.25, 0.3) is 11.0 Å². The standard InChI is InChI=1S/C12H15N3O2/c16-6-2-5-13-11(17)7-9-8-15-12-10(9)3-1-4-14-12/h1,3-4,8,16H,2,5-7H2,(H,13,17)(H,14,15). The summed E-state index contributed by atoms with van der Waals surface area (Å²) in [6, 6.07) is 3.79. The summed E-state index contributed by atoms with van der Waals surface area (Å²) in [5.41, 5.74) is 1.74. The van der Waals surface area contributed by atoms with Crippen LogP contribution in [0.15, 0.2) is 24.5 Å². The van der Waals surface area contributed by atoms with Gasteiger partial charge in [-0.05, 0) is 24.1 Å². The lowest BCUT2D eigenvalue weighted by molar-refractivity contribution is -0.120. The van der Waals surface area contributed by atoms with Crippen LogP contribution in [0.5, 0.6) is 0 Å². The molecule has 2 aromatic heterocycles. The molecule has 0 saturated carbocycles. The second-order valence-corrected chi connectivity index (χ2v) is 3.82. The van der Waals surface area contributed by atoms with E-state index in [9.17, 15) is 4.79 Å². The number of fused-ring (bicyclic) bond motifs is 1. The molecule has 2 aromatic rings. The van der Waals surface area contributed by atoms with Crippen molar-refractivity contribution < 1.29 is 9.90 Å². The van der Waals surface area contributed by atoms with Gasteiger partial charge in [-0.2, -0.15) is 0 Å². The summed E-state index contributed by atoms with van der Waals surface area (Å²) in [5, 5.41) is 12.3. The number of aromatic nitrogens is 2. The number of nitrogens with one attached hydrogen (secondary N) is 2. The van der Waals surface area contributed by atoms with Gasteiger partial charge in [0.2, 0.25) is 5.91 Å². The van der Waals surface area contributed by atoms with Crippen LogP contribution in [0.4, 0.5) is 0 Å². The number of carbonyl (C=O) groups excluding carboxylic acids is 1. The minimum Gasteiger partial charge on any atom is -0.396 e. The Kier molecular flexibility index (Phi) is 3.72. The third-order valence-electron chi connectivity index (χ3n) is 2.54. The SMILES string of the molecule is O=C(Cc1c[nH]c2ncccc12)NCCCO. The van der Waals surface area contributed by atoms with Gasteiger partial charge in [0.15, 0.2) is 0 Å². The van der Waals surface area contributed by atoms with Gasteiger partial charge in [0.1, 0.15) is 5.65 Å². The molecule has 2 rings (SSSR count). The van der Waals surface area contributed by atoms with E-state index in [2.05, 4.69) is 15.3 Å². The van der Waals surface area contributed by atoms with Crippen molar-refractivity contribution in [2.75, 3.05) is 13.2 Å². The Hall–Kier alpha value is -1.88. The Morgan fingerprint density at radius 2 is 2.41 bits per heavy atom. The molecule has 0 saturated heterocycles. The average Bonchev–Trinajstić information content (AvgIpc) is 2.73. The first-order valence-corrected chi connectivity index (χ1v) is 5.60. The Balaban J connectivity index is 2.01. The summed E-state index contributed by atoms with van der Waals surface area (Å²) < 4.78 is 0. The molecule has 0 bridgehead atoms. The number of H-pyrrole nitrogens is 1. The molecule has 0 spiro atoms. The lowest BCUT2D eigenvalue weighted by Gasteiger charge is -2.02. The van der Waals surface area contributed by atoms with E-state index < -0.39 is 0 Å². The zero-order chi connectivity index (χ0) is 12.1. The number of hydrogen-bond donors (Lipinski definition) is 3. The van der Waals surface area contributed by atoms with Gasteiger partial charge in [0, 0.05) is 30.9 Å². The number of amides is 1. The average molecular weight is 233 g/mol. The minimum absolute atomic E-state index is 0.0387. The molecular formula is C12H15N3O2. The van der Waals surface area contributed by atoms with Crippen molar-refractivity contribution in [3.05, 3.63) is 30.1 Å². The van der Waals surface area contributed by atoms with Gasteiger partial charge in [-0.15, -0.1) is 0 Å². The Morgan fingerprint density at radius 3 is 3.24 bits per heavy atom. The number of pyridine rings is 1. The van der Waals surface area contributed by atoms with E-state index in [1.807, 2.05) is 18.3 Å². The number of aliphatic hydroxyl groups excluding tert-OH is 1. The quantitative estimate of drug-likeness (QED) is 0.662. The van der Waals surface area contributed by atoms with Crippen LogP contribution in [0.2, 0.25) is 0 Å². The second kappa shape index (κ2) is 5.45. The monoisotopic (exact) mass is 233 g/mol. The number of aromatic amines is 1. The highest BCUT2D eigenvalue weighted by Crippen LogP contribution is 2.15. The Labute approximate surface area is 98.9 Å². The zero-order valence-corrected chi connectivity index (χ0v) is 9.44. The van der Waals surface area contributed by atoms with E-state index in [-0.39, 0.29) is 12.5 Å². The van der Waals surface area contributed by atoms with Crippen LogP contribution in [-0.4, -0.2) is 34.1 Å². The summed E-state index contributed by atoms with van der Waals surface area (Å²) in [6.45, 7) is 0.604. The maximum Gasteiger partial charge on any atom is 0.224 e. The number of rotatable bonds is 5. The molecular weight excluding hydrogens is 218 g/mol. The van der Waals surface area contributed by atoms with Gasteiger partial charge < -0.3 is 15.4 Å². The molecule has 0 aliphatic carbocycles. The molecule has 5 nitrogen and oxygen atoms in total. The third-order valence-corrected chi connectivity index (χ3v) is 2.54. The molecule has 0 aliphatic rings. The summed E-state index contributed by atoms with van der Waals surface area (Å²) in [6.07, 6.45) is 4.44. The fourth-order valence-electron chi connectivity index (χ4n) is 1.70. The van der Waals surface area contributed by atoms with Crippen molar-refractivity contribution in [2.24, 2.45) is 0 Å². The zero-order valence-electron chi connectivity index (χ0n) is 9.44. The van der Waals surface area contributed by atoms with Crippen molar-refractivity contribution >= 4 is 16.9 Å². The van der Waals surface area contributed by atoms with Gasteiger partial charge in [0.25, 0.3) is 0 Å². The molecule has 0 unspecified atom stereocenters. The lowest BCUT2D eigenvalue weighted by atomic mass is 10.1. The van der Waals surface area contributed by atoms with Crippen molar-refractivity contribution in [3.63, 3.8) is 0 Å². The maximum atomic E-state index is 11.6. The van der Waals surface area contributed by atoms with Gasteiger partial charge >= 0.3 is 0 Å². The van der Waals surface area contributed by atoms with Gasteiger partial charge in [-0.25, -0.2) is 4.98 Å². The molecule has 1 amide bonds. The number of hydrogen-bond acceptors (Lipinski definition) is 3. The highest BCUT2D eigenvalue weighted by atomic mass is 16.3. The van der Waals surface area contributed by atoms with Gasteiger partial charge in [0.05, 0.1) is 6.42 Å². The first-order chi connectivity index (χ1) is 8.31. The normalized spacial score (nSPS) is 10.6. The lowest BCUT2D eigenvalue weighted by Crippen LogP contribution is -2.26. The molecule has 90 valence electrons. The van der Waals surface area contributed by atoms with Crippen LogP contribution in [0, 0.1) is 0 Å². The van der Waals surface area contributed by atoms with Crippen LogP contribution >= 0.6 is 0 Å². The fourth-order valence-corrected chi connectivity index (χ4v) is 1.70. The molecule has 0 fully saturated rings. The highest BCUT2D eigenvalue weighted by molar-refractivity contribution is 5.86. The van der Waals surface area contributed by atoms with Crippen LogP contribution in [0.1, 0.15) is 12.0 Å². The molecule has 2 heterocycles. The molecule has 17 heavy (non-hydrogen) atoms. The smallest absolute Gasteiger partial charge is 0.224 e. The van der Waals surface area contributed by atoms with Crippen molar-refractivity contribution in [3.8, 4) is 0 Å². The van der Waals surface area contributed by atoms with E-state index in [1.165, 1.54) is 0 Å². The summed E-state index contributed by atoms with van der Waals surface area (Å²) in [4.78, 5) is 18.8.